The molecular weight excluding hydrogens is 278 g/mol. The van der Waals surface area contributed by atoms with E-state index in [0.717, 1.165) is 5.92 Å². The van der Waals surface area contributed by atoms with Crippen molar-refractivity contribution in [1.29, 1.82) is 0 Å². The lowest BCUT2D eigenvalue weighted by atomic mass is 9.84. The van der Waals surface area contributed by atoms with Gasteiger partial charge in [-0.05, 0) is 53.9 Å². The van der Waals surface area contributed by atoms with Crippen LogP contribution in [0.2, 0.25) is 0 Å². The highest BCUT2D eigenvalue weighted by molar-refractivity contribution is 5.63. The average molecular weight is 308 g/mol. The van der Waals surface area contributed by atoms with E-state index < -0.39 is 0 Å². The van der Waals surface area contributed by atoms with E-state index in [1.54, 1.807) is 0 Å². The van der Waals surface area contributed by atoms with Gasteiger partial charge in [-0.3, -0.25) is 0 Å². The lowest BCUT2D eigenvalue weighted by Gasteiger charge is -2.20. The first-order valence-electron chi connectivity index (χ1n) is 8.97. The molecule has 1 aromatic carbocycles. The molecule has 1 fully saturated rings. The van der Waals surface area contributed by atoms with Gasteiger partial charge in [0.25, 0.3) is 0 Å². The fourth-order valence-corrected chi connectivity index (χ4v) is 3.73. The van der Waals surface area contributed by atoms with E-state index in [1.165, 1.54) is 53.6 Å². The molecule has 0 spiro atoms. The van der Waals surface area contributed by atoms with Crippen molar-refractivity contribution in [1.82, 2.24) is 0 Å². The zero-order valence-corrected chi connectivity index (χ0v) is 15.3. The Morgan fingerprint density at radius 2 is 1.70 bits per heavy atom. The van der Waals surface area contributed by atoms with Gasteiger partial charge >= 0.3 is 0 Å². The first-order chi connectivity index (χ1) is 10.9. The van der Waals surface area contributed by atoms with E-state index in [2.05, 4.69) is 75.8 Å². The van der Waals surface area contributed by atoms with Gasteiger partial charge in [0, 0.05) is 17.7 Å². The Kier molecular flexibility index (Phi) is 4.31. The second-order valence-electron chi connectivity index (χ2n) is 8.22. The Balaban J connectivity index is 2.08. The summed E-state index contributed by atoms with van der Waals surface area (Å²) in [5.74, 6) is 0.765. The Morgan fingerprint density at radius 3 is 2.35 bits per heavy atom. The second kappa shape index (κ2) is 6.11. The van der Waals surface area contributed by atoms with Crippen molar-refractivity contribution in [2.45, 2.75) is 64.7 Å². The van der Waals surface area contributed by atoms with E-state index in [0.29, 0.717) is 0 Å². The Bertz CT molecular complexity index is 700. The number of aryl methyl sites for hydroxylation is 2. The Morgan fingerprint density at radius 1 is 1.00 bits per heavy atom. The molecule has 1 aromatic heterocycles. The fourth-order valence-electron chi connectivity index (χ4n) is 3.73. The molecule has 1 heteroatoms. The van der Waals surface area contributed by atoms with Gasteiger partial charge in [-0.25, -0.2) is 4.57 Å². The molecule has 1 nitrogen and oxygen atoms in total. The summed E-state index contributed by atoms with van der Waals surface area (Å²) in [5, 5.41) is 0. The van der Waals surface area contributed by atoms with Crippen LogP contribution in [0.25, 0.3) is 11.3 Å². The molecule has 0 aliphatic heterocycles. The van der Waals surface area contributed by atoms with Gasteiger partial charge in [-0.2, -0.15) is 0 Å². The van der Waals surface area contributed by atoms with Crippen LogP contribution in [0.3, 0.4) is 0 Å². The summed E-state index contributed by atoms with van der Waals surface area (Å²) >= 11 is 0. The van der Waals surface area contributed by atoms with Crippen LogP contribution >= 0.6 is 0 Å². The number of rotatable bonds is 2. The average Bonchev–Trinajstić information content (AvgIpc) is 3.01. The third-order valence-corrected chi connectivity index (χ3v) is 5.38. The second-order valence-corrected chi connectivity index (χ2v) is 8.22. The van der Waals surface area contributed by atoms with Crippen molar-refractivity contribution < 1.29 is 4.57 Å². The maximum Gasteiger partial charge on any atom is 0.212 e. The third kappa shape index (κ3) is 3.34. The summed E-state index contributed by atoms with van der Waals surface area (Å²) in [6, 6.07) is 11.7. The molecule has 0 atom stereocenters. The van der Waals surface area contributed by atoms with E-state index in [9.17, 15) is 0 Å². The van der Waals surface area contributed by atoms with Gasteiger partial charge in [0.2, 0.25) is 5.69 Å². The largest absolute Gasteiger partial charge is 0.212 e. The monoisotopic (exact) mass is 308 g/mol. The molecule has 0 saturated heterocycles. The first kappa shape index (κ1) is 16.2. The molecule has 122 valence electrons. The first-order valence-corrected chi connectivity index (χ1v) is 8.97. The van der Waals surface area contributed by atoms with Gasteiger partial charge < -0.3 is 0 Å². The van der Waals surface area contributed by atoms with Crippen LogP contribution in [0.1, 0.15) is 69.1 Å². The van der Waals surface area contributed by atoms with Crippen molar-refractivity contribution in [2.24, 2.45) is 7.05 Å². The molecule has 1 saturated carbocycles. The van der Waals surface area contributed by atoms with Crippen molar-refractivity contribution in [3.05, 3.63) is 53.2 Å². The fraction of sp³-hybridized carbons (Fsp3) is 0.500. The molecule has 0 N–H and O–H groups in total. The van der Waals surface area contributed by atoms with Crippen LogP contribution in [0.15, 0.2) is 36.5 Å². The summed E-state index contributed by atoms with van der Waals surface area (Å²) in [6.45, 7) is 9.09. The van der Waals surface area contributed by atoms with Crippen LogP contribution in [0.4, 0.5) is 0 Å². The summed E-state index contributed by atoms with van der Waals surface area (Å²) < 4.78 is 2.27. The summed E-state index contributed by atoms with van der Waals surface area (Å²) in [7, 11) is 2.16. The molecule has 0 radical (unpaired) electrons. The molecule has 23 heavy (non-hydrogen) atoms. The smallest absolute Gasteiger partial charge is 0.201 e. The number of benzene rings is 1. The summed E-state index contributed by atoms with van der Waals surface area (Å²) in [5.41, 5.74) is 7.19. The molecule has 0 unspecified atom stereocenters. The van der Waals surface area contributed by atoms with Crippen LogP contribution in [-0.2, 0) is 12.5 Å². The molecule has 2 aromatic rings. The highest BCUT2D eigenvalue weighted by Gasteiger charge is 2.22. The number of hydrogen-bond donors (Lipinski definition) is 0. The summed E-state index contributed by atoms with van der Waals surface area (Å²) in [6.07, 6.45) is 7.73. The third-order valence-electron chi connectivity index (χ3n) is 5.38. The molecule has 1 aliphatic carbocycles. The molecule has 0 amide bonds. The van der Waals surface area contributed by atoms with E-state index >= 15 is 0 Å². The quantitative estimate of drug-likeness (QED) is 0.650. The van der Waals surface area contributed by atoms with Gasteiger partial charge in [0.05, 0.1) is 0 Å². The predicted octanol–water partition coefficient (Wildman–Crippen LogP) is 5.44. The Hall–Kier alpha value is -1.63. The maximum atomic E-state index is 2.44. The molecule has 3 rings (SSSR count). The van der Waals surface area contributed by atoms with Crippen molar-refractivity contribution in [3.63, 3.8) is 0 Å². The SMILES string of the molecule is Cc1ccc(C(C)(C)C)cc1-c1cc(C2CCCC2)cc[n+]1C. The summed E-state index contributed by atoms with van der Waals surface area (Å²) in [4.78, 5) is 0. The van der Waals surface area contributed by atoms with Crippen LogP contribution in [0, 0.1) is 6.92 Å². The molecule has 1 aliphatic rings. The topological polar surface area (TPSA) is 3.88 Å². The molecule has 0 bridgehead atoms. The molecular formula is C22H30N+. The standard InChI is InChI=1S/C22H30N/c1-16-10-11-19(22(2,3)4)15-20(16)21-14-18(12-13-23(21)5)17-8-6-7-9-17/h10-15,17H,6-9H2,1-5H3/q+1. The van der Waals surface area contributed by atoms with E-state index in [4.69, 9.17) is 0 Å². The lowest BCUT2D eigenvalue weighted by Crippen LogP contribution is -2.31. The van der Waals surface area contributed by atoms with Crippen LogP contribution in [0.5, 0.6) is 0 Å². The van der Waals surface area contributed by atoms with Gasteiger partial charge in [0.15, 0.2) is 6.20 Å². The zero-order valence-electron chi connectivity index (χ0n) is 15.3. The minimum atomic E-state index is 0.185. The Labute approximate surface area is 141 Å². The normalized spacial score (nSPS) is 16.0. The van der Waals surface area contributed by atoms with E-state index in [1.807, 2.05) is 0 Å². The van der Waals surface area contributed by atoms with Crippen LogP contribution in [-0.4, -0.2) is 0 Å². The van der Waals surface area contributed by atoms with Crippen molar-refractivity contribution >= 4 is 0 Å². The van der Waals surface area contributed by atoms with E-state index in [-0.39, 0.29) is 5.41 Å². The van der Waals surface area contributed by atoms with Crippen LogP contribution < -0.4 is 4.57 Å². The minimum Gasteiger partial charge on any atom is -0.201 e. The maximum absolute atomic E-state index is 2.44. The highest BCUT2D eigenvalue weighted by atomic mass is 14.9. The molecule has 1 heterocycles. The number of aromatic nitrogens is 1. The number of pyridine rings is 1. The minimum absolute atomic E-state index is 0.185. The lowest BCUT2D eigenvalue weighted by molar-refractivity contribution is -0.660. The van der Waals surface area contributed by atoms with Crippen molar-refractivity contribution in [3.8, 4) is 11.3 Å². The van der Waals surface area contributed by atoms with Gasteiger partial charge in [-0.15, -0.1) is 0 Å². The zero-order chi connectivity index (χ0) is 16.6. The predicted molar refractivity (Wildman–Crippen MR) is 97.7 cm³/mol. The van der Waals surface area contributed by atoms with Gasteiger partial charge in [0.1, 0.15) is 7.05 Å². The number of hydrogen-bond acceptors (Lipinski definition) is 0. The number of nitrogens with zero attached hydrogens (tertiary/aromatic N) is 1. The van der Waals surface area contributed by atoms with Gasteiger partial charge in [-0.1, -0.05) is 45.7 Å². The highest BCUT2D eigenvalue weighted by Crippen LogP contribution is 2.35. The van der Waals surface area contributed by atoms with Crippen molar-refractivity contribution in [2.75, 3.05) is 0 Å².